The Morgan fingerprint density at radius 1 is 0.571 bits per heavy atom. The fourth-order valence-corrected chi connectivity index (χ4v) is 10.5. The van der Waals surface area contributed by atoms with Crippen LogP contribution in [0.1, 0.15) is 145 Å². The average Bonchev–Trinajstić information content (AvgIpc) is 0.979. The Balaban J connectivity index is 1.01. The van der Waals surface area contributed by atoms with Crippen molar-refractivity contribution in [3.63, 3.8) is 0 Å². The Morgan fingerprint density at radius 2 is 1.07 bits per heavy atom. The minimum Gasteiger partial charge on any atom is -0.444 e. The van der Waals surface area contributed by atoms with Crippen LogP contribution in [0.3, 0.4) is 0 Å². The largest absolute Gasteiger partial charge is 0.444 e. The van der Waals surface area contributed by atoms with E-state index in [0.29, 0.717) is 30.2 Å². The zero-order valence-corrected chi connectivity index (χ0v) is 52.1. The van der Waals surface area contributed by atoms with E-state index in [2.05, 4.69) is 32.2 Å². The maximum Gasteiger partial charge on any atom is 0.414 e. The van der Waals surface area contributed by atoms with E-state index >= 15 is 0 Å². The summed E-state index contributed by atoms with van der Waals surface area (Å²) in [4.78, 5) is 70.9. The number of aliphatic imine (C=N–C) groups is 1. The Kier molecular flexibility index (Phi) is 18.3. The van der Waals surface area contributed by atoms with Gasteiger partial charge in [0, 0.05) is 48.7 Å². The summed E-state index contributed by atoms with van der Waals surface area (Å²) in [6.45, 7) is 31.0. The molecular weight excluding hydrogens is 1060 g/mol. The molecule has 2 aliphatic rings. The average molecular weight is 1140 g/mol. The molecule has 0 bridgehead atoms. The van der Waals surface area contributed by atoms with Crippen molar-refractivity contribution >= 4 is 86.3 Å². The van der Waals surface area contributed by atoms with Gasteiger partial charge in [-0.15, -0.1) is 4.57 Å². The fourth-order valence-electron chi connectivity index (χ4n) is 10.5. The molecule has 16 nitrogen and oxygen atoms in total. The highest BCUT2D eigenvalue weighted by atomic mass is 16.6. The van der Waals surface area contributed by atoms with Gasteiger partial charge in [-0.1, -0.05) is 62.1 Å². The molecule has 1 unspecified atom stereocenters. The molecule has 1 aliphatic carbocycles. The molecule has 16 heteroatoms. The third-order valence-corrected chi connectivity index (χ3v) is 14.0. The Morgan fingerprint density at radius 3 is 1.63 bits per heavy atom. The first-order chi connectivity index (χ1) is 39.4. The van der Waals surface area contributed by atoms with Crippen LogP contribution in [0.4, 0.5) is 53.3 Å². The number of rotatable bonds is 15. The number of carbonyl (C=O) groups excluding carboxylic acids is 4. The lowest BCUT2D eigenvalue weighted by atomic mass is 9.92. The summed E-state index contributed by atoms with van der Waals surface area (Å²) >= 11 is 0. The lowest BCUT2D eigenvalue weighted by Gasteiger charge is -2.40. The van der Waals surface area contributed by atoms with Gasteiger partial charge in [0.15, 0.2) is 0 Å². The standard InChI is InChI=1S/C68H84N8O8/c1-43-37-52-57(40-50(43)71-61(77)81-65(5,6)7)75(47-29-23-21-24-30-47)59-42-56(45(3)39-54(59)70-52)74(64(80)84-68(14,15)16)36-28-20-18-17-19-27-35-73(63(79)83-67(11,12)13)55-34-33-49-60(46(55)4)76(48-31-25-22-26-32-48)58-41-51(44(2)38-53(58)69-49)72-62(78)82-66(8,9)10/h21-26,29-34,37-42,58H,17-20,27-28,35-36H2,1-16H3,(H,72,78)/p+1. The van der Waals surface area contributed by atoms with Gasteiger partial charge in [-0.25, -0.2) is 29.2 Å². The normalized spacial score (nSPS) is 14.4. The van der Waals surface area contributed by atoms with Gasteiger partial charge in [0.05, 0.1) is 40.2 Å². The van der Waals surface area contributed by atoms with Gasteiger partial charge in [-0.2, -0.15) is 0 Å². The first kappa shape index (κ1) is 61.8. The van der Waals surface area contributed by atoms with Gasteiger partial charge in [-0.3, -0.25) is 20.4 Å². The highest BCUT2D eigenvalue weighted by Gasteiger charge is 2.37. The molecule has 1 atom stereocenters. The number of amides is 4. The number of aryl methyl sites for hydroxylation is 2. The molecule has 5 aromatic carbocycles. The number of allylic oxidation sites excluding steroid dienone is 1. The molecule has 84 heavy (non-hydrogen) atoms. The molecular formula is C68H85N8O8+. The smallest absolute Gasteiger partial charge is 0.414 e. The first-order valence-corrected chi connectivity index (χ1v) is 29.3. The highest BCUT2D eigenvalue weighted by Crippen LogP contribution is 2.47. The zero-order chi connectivity index (χ0) is 61.1. The summed E-state index contributed by atoms with van der Waals surface area (Å²) in [5.74, 6) is 0. The van der Waals surface area contributed by atoms with Crippen molar-refractivity contribution in [3.8, 4) is 5.69 Å². The number of fused-ring (bicyclic) bond motifs is 4. The van der Waals surface area contributed by atoms with Gasteiger partial charge in [0.25, 0.3) is 0 Å². The van der Waals surface area contributed by atoms with Crippen molar-refractivity contribution in [1.82, 2.24) is 10.3 Å². The molecule has 2 heterocycles. The molecule has 2 N–H and O–H groups in total. The SMILES string of the molecule is CC1=CC2=Nc3ccc(N(CCCCCCCCN(C(=O)OC(C)(C)C)c4cc5c(cc4C)nc4cc(C)c(NC(=O)OC(C)(C)C)cc4[n+]5-c4ccccc4)C(=O)OC(C)(C)C)c(C)c3N(c3ccccc3)C2C=C1NC(=O)OC(C)(C)C. The second kappa shape index (κ2) is 24.9. The fraction of sp³-hybridized carbons (Fsp3) is 0.426. The maximum atomic E-state index is 14.3. The van der Waals surface area contributed by atoms with Crippen molar-refractivity contribution in [2.45, 2.75) is 178 Å². The van der Waals surface area contributed by atoms with Crippen molar-refractivity contribution in [2.24, 2.45) is 4.99 Å². The van der Waals surface area contributed by atoms with Crippen molar-refractivity contribution in [1.29, 1.82) is 0 Å². The number of anilines is 5. The summed E-state index contributed by atoms with van der Waals surface area (Å²) in [7, 11) is 0. The minimum atomic E-state index is -0.740. The quantitative estimate of drug-likeness (QED) is 0.0437. The monoisotopic (exact) mass is 1140 g/mol. The molecule has 444 valence electrons. The van der Waals surface area contributed by atoms with Gasteiger partial charge in [0.1, 0.15) is 33.4 Å². The molecule has 0 spiro atoms. The molecule has 4 amide bonds. The number of hydrogen-bond acceptors (Lipinski definition) is 11. The van der Waals surface area contributed by atoms with E-state index in [9.17, 15) is 19.2 Å². The number of hydrogen-bond donors (Lipinski definition) is 2. The highest BCUT2D eigenvalue weighted by molar-refractivity contribution is 6.12. The third-order valence-electron chi connectivity index (χ3n) is 14.0. The van der Waals surface area contributed by atoms with Crippen LogP contribution in [0, 0.1) is 20.8 Å². The van der Waals surface area contributed by atoms with E-state index in [4.69, 9.17) is 28.9 Å². The molecule has 1 aliphatic heterocycles. The van der Waals surface area contributed by atoms with Crippen molar-refractivity contribution in [2.75, 3.05) is 33.1 Å². The predicted molar refractivity (Wildman–Crippen MR) is 337 cm³/mol. The number of nitrogens with zero attached hydrogens (tertiary/aromatic N) is 6. The van der Waals surface area contributed by atoms with Gasteiger partial charge in [0.2, 0.25) is 16.7 Å². The third kappa shape index (κ3) is 15.3. The minimum absolute atomic E-state index is 0.384. The molecule has 0 radical (unpaired) electrons. The van der Waals surface area contributed by atoms with Gasteiger partial charge in [-0.05, 0) is 194 Å². The number of alkyl carbamates (subject to hydrolysis) is 1. The second-order valence-corrected chi connectivity index (χ2v) is 25.9. The molecule has 1 aromatic heterocycles. The van der Waals surface area contributed by atoms with Crippen LogP contribution in [-0.4, -0.2) is 76.6 Å². The Hall–Kier alpha value is -8.27. The van der Waals surface area contributed by atoms with E-state index in [1.807, 2.05) is 208 Å². The molecule has 0 fully saturated rings. The van der Waals surface area contributed by atoms with Crippen LogP contribution in [0.2, 0.25) is 0 Å². The molecule has 6 aromatic rings. The number of carbonyl (C=O) groups is 4. The summed E-state index contributed by atoms with van der Waals surface area (Å²) in [5, 5.41) is 5.93. The van der Waals surface area contributed by atoms with Gasteiger partial charge < -0.3 is 23.8 Å². The number of nitrogens with one attached hydrogen (secondary N) is 2. The van der Waals surface area contributed by atoms with E-state index in [0.717, 1.165) is 117 Å². The van der Waals surface area contributed by atoms with Crippen LogP contribution in [0.15, 0.2) is 125 Å². The van der Waals surface area contributed by atoms with E-state index in [-0.39, 0.29) is 6.04 Å². The molecule has 0 saturated heterocycles. The first-order valence-electron chi connectivity index (χ1n) is 29.3. The van der Waals surface area contributed by atoms with Gasteiger partial charge >= 0.3 is 24.4 Å². The lowest BCUT2D eigenvalue weighted by Crippen LogP contribution is -2.43. The summed E-state index contributed by atoms with van der Waals surface area (Å²) in [5.41, 5.74) is 10.5. The summed E-state index contributed by atoms with van der Waals surface area (Å²) < 4.78 is 25.6. The second-order valence-electron chi connectivity index (χ2n) is 25.9. The number of ether oxygens (including phenoxy) is 4. The molecule has 8 rings (SSSR count). The van der Waals surface area contributed by atoms with Crippen molar-refractivity contribution in [3.05, 3.63) is 137 Å². The van der Waals surface area contributed by atoms with E-state index in [1.165, 1.54) is 0 Å². The number of para-hydroxylation sites is 2. The summed E-state index contributed by atoms with van der Waals surface area (Å²) in [6.07, 6.45) is 7.01. The van der Waals surface area contributed by atoms with Crippen LogP contribution in [0.25, 0.3) is 27.8 Å². The summed E-state index contributed by atoms with van der Waals surface area (Å²) in [6, 6.07) is 31.5. The maximum absolute atomic E-state index is 14.3. The predicted octanol–water partition coefficient (Wildman–Crippen LogP) is 16.4. The van der Waals surface area contributed by atoms with Crippen LogP contribution in [0.5, 0.6) is 0 Å². The van der Waals surface area contributed by atoms with Crippen LogP contribution < -0.4 is 29.9 Å². The number of benzene rings is 5. The number of aromatic nitrogens is 2. The topological polar surface area (TPSA) is 168 Å². The molecule has 0 saturated carbocycles. The van der Waals surface area contributed by atoms with Crippen LogP contribution in [-0.2, 0) is 18.9 Å². The van der Waals surface area contributed by atoms with Crippen LogP contribution >= 0.6 is 0 Å². The lowest BCUT2D eigenvalue weighted by molar-refractivity contribution is -0.538. The number of unbranched alkanes of at least 4 members (excludes halogenated alkanes) is 5. The van der Waals surface area contributed by atoms with Crippen molar-refractivity contribution < 1.29 is 42.7 Å². The Bertz CT molecular complexity index is 3550. The zero-order valence-electron chi connectivity index (χ0n) is 52.1. The Labute approximate surface area is 495 Å². The van der Waals surface area contributed by atoms with E-state index < -0.39 is 46.8 Å². The van der Waals surface area contributed by atoms with E-state index in [1.54, 1.807) is 9.80 Å².